The average molecular weight is 415 g/mol. The fourth-order valence-corrected chi connectivity index (χ4v) is 4.08. The Balaban J connectivity index is 1.70. The second kappa shape index (κ2) is 7.40. The number of carbonyl (C=O) groups excluding carboxylic acids is 1. The number of amides is 1. The van der Waals surface area contributed by atoms with Crippen LogP contribution in [0, 0.1) is 5.82 Å². The Hall–Kier alpha value is -3.93. The van der Waals surface area contributed by atoms with Gasteiger partial charge < -0.3 is 14.1 Å². The maximum absolute atomic E-state index is 14.8. The number of nitrogens with zero attached hydrogens (tertiary/aromatic N) is 1. The van der Waals surface area contributed by atoms with Gasteiger partial charge in [0.05, 0.1) is 24.1 Å². The normalized spacial score (nSPS) is 15.4. The Morgan fingerprint density at radius 1 is 0.968 bits per heavy atom. The zero-order valence-corrected chi connectivity index (χ0v) is 16.7. The number of methoxy groups -OCH3 is 1. The number of para-hydroxylation sites is 1. The molecule has 1 unspecified atom stereocenters. The lowest BCUT2D eigenvalue weighted by atomic mass is 9.98. The van der Waals surface area contributed by atoms with Crippen LogP contribution in [0.2, 0.25) is 0 Å². The van der Waals surface area contributed by atoms with Crippen molar-refractivity contribution in [2.75, 3.05) is 7.11 Å². The van der Waals surface area contributed by atoms with E-state index in [2.05, 4.69) is 0 Å². The zero-order chi connectivity index (χ0) is 21.5. The summed E-state index contributed by atoms with van der Waals surface area (Å²) in [5, 5.41) is 0.363. The fraction of sp³-hybridized carbons (Fsp3) is 0.120. The van der Waals surface area contributed by atoms with E-state index in [0.29, 0.717) is 16.7 Å². The van der Waals surface area contributed by atoms with Gasteiger partial charge in [-0.05, 0) is 35.9 Å². The highest BCUT2D eigenvalue weighted by molar-refractivity contribution is 5.99. The molecule has 0 saturated carbocycles. The van der Waals surface area contributed by atoms with Gasteiger partial charge in [-0.2, -0.15) is 0 Å². The minimum absolute atomic E-state index is 0.0366. The van der Waals surface area contributed by atoms with Gasteiger partial charge in [0, 0.05) is 12.1 Å². The molecule has 0 spiro atoms. The van der Waals surface area contributed by atoms with Crippen molar-refractivity contribution in [3.05, 3.63) is 111 Å². The van der Waals surface area contributed by atoms with Crippen LogP contribution in [0.15, 0.2) is 82.0 Å². The van der Waals surface area contributed by atoms with Crippen molar-refractivity contribution in [2.45, 2.75) is 12.6 Å². The van der Waals surface area contributed by atoms with E-state index in [1.165, 1.54) is 11.0 Å². The second-order valence-corrected chi connectivity index (χ2v) is 7.38. The first-order valence-corrected chi connectivity index (χ1v) is 9.82. The third kappa shape index (κ3) is 3.08. The van der Waals surface area contributed by atoms with E-state index in [4.69, 9.17) is 9.15 Å². The molecule has 0 bridgehead atoms. The van der Waals surface area contributed by atoms with Crippen LogP contribution in [-0.4, -0.2) is 17.9 Å². The largest absolute Gasteiger partial charge is 0.497 e. The van der Waals surface area contributed by atoms with Gasteiger partial charge in [0.1, 0.15) is 17.1 Å². The Labute approximate surface area is 177 Å². The smallest absolute Gasteiger partial charge is 0.291 e. The summed E-state index contributed by atoms with van der Waals surface area (Å²) in [7, 11) is 1.58. The Morgan fingerprint density at radius 2 is 1.68 bits per heavy atom. The van der Waals surface area contributed by atoms with Gasteiger partial charge >= 0.3 is 0 Å². The molecule has 0 saturated heterocycles. The number of hydrogen-bond acceptors (Lipinski definition) is 4. The van der Waals surface area contributed by atoms with Gasteiger partial charge in [0.15, 0.2) is 5.43 Å². The van der Waals surface area contributed by atoms with Crippen molar-refractivity contribution in [1.82, 2.24) is 4.90 Å². The molecule has 154 valence electrons. The molecular formula is C25H18FNO4. The predicted molar refractivity (Wildman–Crippen MR) is 114 cm³/mol. The van der Waals surface area contributed by atoms with Crippen LogP contribution in [0.4, 0.5) is 4.39 Å². The lowest BCUT2D eigenvalue weighted by Crippen LogP contribution is -2.29. The monoisotopic (exact) mass is 415 g/mol. The van der Waals surface area contributed by atoms with Crippen molar-refractivity contribution in [1.29, 1.82) is 0 Å². The van der Waals surface area contributed by atoms with Gasteiger partial charge in [-0.1, -0.05) is 42.5 Å². The highest BCUT2D eigenvalue weighted by Gasteiger charge is 2.43. The van der Waals surface area contributed by atoms with Crippen LogP contribution in [0.3, 0.4) is 0 Å². The topological polar surface area (TPSA) is 59.8 Å². The average Bonchev–Trinajstić information content (AvgIpc) is 3.06. The molecule has 2 heterocycles. The number of fused-ring (bicyclic) bond motifs is 2. The molecule has 0 aliphatic carbocycles. The van der Waals surface area contributed by atoms with Crippen LogP contribution in [0.25, 0.3) is 11.0 Å². The standard InChI is InChI=1S/C25H18FNO4/c1-30-16-12-10-15(11-13-16)14-27-22(17-6-2-4-8-19(17)26)21-23(28)18-7-3-5-9-20(18)31-24(21)25(27)29/h2-13,22H,14H2,1H3. The molecule has 0 fully saturated rings. The van der Waals surface area contributed by atoms with Gasteiger partial charge in [0.25, 0.3) is 5.91 Å². The minimum Gasteiger partial charge on any atom is -0.497 e. The summed E-state index contributed by atoms with van der Waals surface area (Å²) in [5.74, 6) is -0.277. The summed E-state index contributed by atoms with van der Waals surface area (Å²) in [5.41, 5.74) is 1.25. The van der Waals surface area contributed by atoms with Crippen LogP contribution < -0.4 is 10.2 Å². The molecule has 1 amide bonds. The Morgan fingerprint density at radius 3 is 2.42 bits per heavy atom. The number of carbonyl (C=O) groups is 1. The molecule has 0 N–H and O–H groups in total. The van der Waals surface area contributed by atoms with Crippen LogP contribution in [-0.2, 0) is 6.54 Å². The van der Waals surface area contributed by atoms with Gasteiger partial charge in [-0.25, -0.2) is 4.39 Å². The van der Waals surface area contributed by atoms with E-state index in [0.717, 1.165) is 5.56 Å². The summed E-state index contributed by atoms with van der Waals surface area (Å²) in [6, 6.07) is 19.3. The van der Waals surface area contributed by atoms with Crippen LogP contribution in [0.5, 0.6) is 5.75 Å². The maximum atomic E-state index is 14.8. The first-order valence-electron chi connectivity index (χ1n) is 9.82. The molecule has 5 rings (SSSR count). The first-order chi connectivity index (χ1) is 15.1. The number of halogens is 1. The summed E-state index contributed by atoms with van der Waals surface area (Å²) in [6.45, 7) is 0.182. The van der Waals surface area contributed by atoms with E-state index in [1.807, 2.05) is 12.1 Å². The van der Waals surface area contributed by atoms with Crippen molar-refractivity contribution in [3.8, 4) is 5.75 Å². The number of hydrogen-bond donors (Lipinski definition) is 0. The highest BCUT2D eigenvalue weighted by atomic mass is 19.1. The third-order valence-electron chi connectivity index (χ3n) is 5.58. The molecule has 1 aliphatic heterocycles. The van der Waals surface area contributed by atoms with Crippen molar-refractivity contribution in [3.63, 3.8) is 0 Å². The van der Waals surface area contributed by atoms with Gasteiger partial charge in [-0.15, -0.1) is 0 Å². The number of benzene rings is 3. The summed E-state index contributed by atoms with van der Waals surface area (Å²) >= 11 is 0. The molecule has 4 aromatic rings. The molecule has 31 heavy (non-hydrogen) atoms. The molecule has 6 heteroatoms. The quantitative estimate of drug-likeness (QED) is 0.485. The van der Waals surface area contributed by atoms with E-state index in [-0.39, 0.29) is 28.9 Å². The fourth-order valence-electron chi connectivity index (χ4n) is 4.08. The summed E-state index contributed by atoms with van der Waals surface area (Å²) in [6.07, 6.45) is 0. The molecule has 3 aromatic carbocycles. The highest BCUT2D eigenvalue weighted by Crippen LogP contribution is 2.40. The molecular weight excluding hydrogens is 397 g/mol. The molecule has 1 atom stereocenters. The predicted octanol–water partition coefficient (Wildman–Crippen LogP) is 4.69. The van der Waals surface area contributed by atoms with Crippen molar-refractivity contribution in [2.24, 2.45) is 0 Å². The van der Waals surface area contributed by atoms with E-state index in [1.54, 1.807) is 61.7 Å². The van der Waals surface area contributed by atoms with Crippen molar-refractivity contribution >= 4 is 16.9 Å². The van der Waals surface area contributed by atoms with Crippen molar-refractivity contribution < 1.29 is 18.3 Å². The molecule has 1 aliphatic rings. The van der Waals surface area contributed by atoms with E-state index >= 15 is 0 Å². The molecule has 1 aromatic heterocycles. The van der Waals surface area contributed by atoms with E-state index < -0.39 is 17.8 Å². The van der Waals surface area contributed by atoms with Crippen LogP contribution >= 0.6 is 0 Å². The zero-order valence-electron chi connectivity index (χ0n) is 16.7. The minimum atomic E-state index is -0.883. The lowest BCUT2D eigenvalue weighted by Gasteiger charge is -2.25. The summed E-state index contributed by atoms with van der Waals surface area (Å²) in [4.78, 5) is 28.2. The maximum Gasteiger partial charge on any atom is 0.291 e. The number of ether oxygens (including phenoxy) is 1. The summed E-state index contributed by atoms with van der Waals surface area (Å²) < 4.78 is 25.9. The van der Waals surface area contributed by atoms with Gasteiger partial charge in [0.2, 0.25) is 5.76 Å². The van der Waals surface area contributed by atoms with Crippen LogP contribution in [0.1, 0.15) is 33.3 Å². The third-order valence-corrected chi connectivity index (χ3v) is 5.58. The molecule has 5 nitrogen and oxygen atoms in total. The SMILES string of the molecule is COc1ccc(CN2C(=O)c3oc4ccccc4c(=O)c3C2c2ccccc2F)cc1. The van der Waals surface area contributed by atoms with E-state index in [9.17, 15) is 14.0 Å². The Kier molecular flexibility index (Phi) is 4.55. The lowest BCUT2D eigenvalue weighted by molar-refractivity contribution is 0.0712. The Bertz CT molecular complexity index is 1360. The first kappa shape index (κ1) is 19.1. The number of rotatable bonds is 4. The molecule has 0 radical (unpaired) electrons. The second-order valence-electron chi connectivity index (χ2n) is 7.38. The van der Waals surface area contributed by atoms with Gasteiger partial charge in [-0.3, -0.25) is 9.59 Å².